The first-order chi connectivity index (χ1) is 13.2. The first-order valence-corrected chi connectivity index (χ1v) is 9.10. The molecule has 3 nitrogen and oxygen atoms in total. The molecule has 0 atom stereocenters. The van der Waals surface area contributed by atoms with Gasteiger partial charge in [-0.1, -0.05) is 54.6 Å². The third-order valence-corrected chi connectivity index (χ3v) is 4.17. The predicted octanol–water partition coefficient (Wildman–Crippen LogP) is 5.03. The molecule has 0 aliphatic carbocycles. The lowest BCUT2D eigenvalue weighted by molar-refractivity contribution is 0.107. The maximum Gasteiger partial charge on any atom is 0.171 e. The fourth-order valence-corrected chi connectivity index (χ4v) is 2.77. The van der Waals surface area contributed by atoms with Gasteiger partial charge in [0.05, 0.1) is 13.2 Å². The summed E-state index contributed by atoms with van der Waals surface area (Å²) in [6, 6.07) is 24.4. The summed E-state index contributed by atoms with van der Waals surface area (Å²) in [5, 5.41) is 6.69. The van der Waals surface area contributed by atoms with Crippen molar-refractivity contribution in [3.63, 3.8) is 0 Å². The van der Waals surface area contributed by atoms with Crippen LogP contribution < -0.4 is 10.6 Å². The van der Waals surface area contributed by atoms with Gasteiger partial charge in [-0.3, -0.25) is 0 Å². The molecule has 2 N–H and O–H groups in total. The van der Waals surface area contributed by atoms with Crippen LogP contribution in [0.25, 0.3) is 0 Å². The number of thiocarbonyl (C=S) groups is 1. The Morgan fingerprint density at radius 3 is 2.26 bits per heavy atom. The molecular weight excluding hydrogens is 359 g/mol. The standard InChI is InChI=1S/C22H21FN2OS/c23-20-9-11-21(12-10-20)25-22(27)24-14-18-7-4-8-19(13-18)16-26-15-17-5-2-1-3-6-17/h1-13H,14-16H2,(H2,24,25,27). The maximum atomic E-state index is 12.9. The molecule has 138 valence electrons. The van der Waals surface area contributed by atoms with E-state index >= 15 is 0 Å². The summed E-state index contributed by atoms with van der Waals surface area (Å²) >= 11 is 5.28. The third-order valence-electron chi connectivity index (χ3n) is 3.93. The van der Waals surface area contributed by atoms with Gasteiger partial charge in [-0.25, -0.2) is 4.39 Å². The van der Waals surface area contributed by atoms with E-state index in [0.29, 0.717) is 24.9 Å². The van der Waals surface area contributed by atoms with Gasteiger partial charge in [0.15, 0.2) is 5.11 Å². The number of rotatable bonds is 7. The van der Waals surface area contributed by atoms with E-state index < -0.39 is 0 Å². The number of anilines is 1. The topological polar surface area (TPSA) is 33.3 Å². The number of hydrogen-bond acceptors (Lipinski definition) is 2. The highest BCUT2D eigenvalue weighted by molar-refractivity contribution is 7.80. The van der Waals surface area contributed by atoms with Gasteiger partial charge in [0.25, 0.3) is 0 Å². The summed E-state index contributed by atoms with van der Waals surface area (Å²) in [6.07, 6.45) is 0. The number of hydrogen-bond donors (Lipinski definition) is 2. The Morgan fingerprint density at radius 2 is 1.48 bits per heavy atom. The van der Waals surface area contributed by atoms with Crippen LogP contribution in [0, 0.1) is 5.82 Å². The predicted molar refractivity (Wildman–Crippen MR) is 111 cm³/mol. The normalized spacial score (nSPS) is 10.4. The van der Waals surface area contributed by atoms with Crippen LogP contribution in [0.3, 0.4) is 0 Å². The molecule has 0 spiro atoms. The zero-order valence-electron chi connectivity index (χ0n) is 14.8. The number of benzene rings is 3. The van der Waals surface area contributed by atoms with Gasteiger partial charge in [-0.2, -0.15) is 0 Å². The van der Waals surface area contributed by atoms with E-state index in [1.54, 1.807) is 12.1 Å². The minimum Gasteiger partial charge on any atom is -0.372 e. The molecule has 0 unspecified atom stereocenters. The molecule has 0 aliphatic heterocycles. The van der Waals surface area contributed by atoms with Gasteiger partial charge in [0.2, 0.25) is 0 Å². The zero-order chi connectivity index (χ0) is 18.9. The molecule has 0 amide bonds. The Balaban J connectivity index is 1.45. The highest BCUT2D eigenvalue weighted by atomic mass is 32.1. The lowest BCUT2D eigenvalue weighted by atomic mass is 10.1. The molecule has 0 fully saturated rings. The van der Waals surface area contributed by atoms with Gasteiger partial charge < -0.3 is 15.4 Å². The average molecular weight is 380 g/mol. The van der Waals surface area contributed by atoms with Crippen molar-refractivity contribution in [2.45, 2.75) is 19.8 Å². The van der Waals surface area contributed by atoms with Crippen LogP contribution >= 0.6 is 12.2 Å². The summed E-state index contributed by atoms with van der Waals surface area (Å²) in [6.45, 7) is 1.75. The van der Waals surface area contributed by atoms with Crippen LogP contribution in [0.5, 0.6) is 0 Å². The lowest BCUT2D eigenvalue weighted by Crippen LogP contribution is -2.27. The first-order valence-electron chi connectivity index (χ1n) is 8.69. The summed E-state index contributed by atoms with van der Waals surface area (Å²) in [5.74, 6) is -0.272. The number of ether oxygens (including phenoxy) is 1. The van der Waals surface area contributed by atoms with Gasteiger partial charge in [-0.05, 0) is 53.2 Å². The molecular formula is C22H21FN2OS. The van der Waals surface area contributed by atoms with Gasteiger partial charge in [0.1, 0.15) is 5.82 Å². The fraction of sp³-hybridized carbons (Fsp3) is 0.136. The average Bonchev–Trinajstić information content (AvgIpc) is 2.69. The smallest absolute Gasteiger partial charge is 0.171 e. The van der Waals surface area contributed by atoms with Crippen molar-refractivity contribution in [2.24, 2.45) is 0 Å². The fourth-order valence-electron chi connectivity index (χ4n) is 2.58. The Labute approximate surface area is 164 Å². The molecule has 5 heteroatoms. The summed E-state index contributed by atoms with van der Waals surface area (Å²) in [4.78, 5) is 0. The van der Waals surface area contributed by atoms with Crippen molar-refractivity contribution < 1.29 is 9.13 Å². The van der Waals surface area contributed by atoms with Crippen molar-refractivity contribution in [1.82, 2.24) is 5.32 Å². The highest BCUT2D eigenvalue weighted by Gasteiger charge is 2.01. The third kappa shape index (κ3) is 6.47. The molecule has 0 saturated heterocycles. The van der Waals surface area contributed by atoms with Crippen molar-refractivity contribution in [3.8, 4) is 0 Å². The molecule has 3 aromatic rings. The second-order valence-corrected chi connectivity index (χ2v) is 6.52. The van der Waals surface area contributed by atoms with Crippen molar-refractivity contribution >= 4 is 23.0 Å². The molecule has 3 rings (SSSR count). The molecule has 0 bridgehead atoms. The quantitative estimate of drug-likeness (QED) is 0.563. The van der Waals surface area contributed by atoms with E-state index in [1.165, 1.54) is 12.1 Å². The van der Waals surface area contributed by atoms with Crippen LogP contribution in [-0.2, 0) is 24.5 Å². The Bertz CT molecular complexity index is 869. The van der Waals surface area contributed by atoms with Crippen molar-refractivity contribution in [2.75, 3.05) is 5.32 Å². The first kappa shape index (κ1) is 19.0. The van der Waals surface area contributed by atoms with Crippen LogP contribution in [0.4, 0.5) is 10.1 Å². The monoisotopic (exact) mass is 380 g/mol. The Morgan fingerprint density at radius 1 is 0.815 bits per heavy atom. The molecule has 0 aromatic heterocycles. The second kappa shape index (κ2) is 9.80. The van der Waals surface area contributed by atoms with E-state index in [-0.39, 0.29) is 5.82 Å². The largest absolute Gasteiger partial charge is 0.372 e. The summed E-state index contributed by atoms with van der Waals surface area (Å²) < 4.78 is 18.7. The van der Waals surface area contributed by atoms with Crippen LogP contribution in [-0.4, -0.2) is 5.11 Å². The summed E-state index contributed by atoms with van der Waals surface area (Å²) in [7, 11) is 0. The second-order valence-electron chi connectivity index (χ2n) is 6.11. The van der Waals surface area contributed by atoms with Crippen molar-refractivity contribution in [3.05, 3.63) is 101 Å². The van der Waals surface area contributed by atoms with Gasteiger partial charge in [0, 0.05) is 12.2 Å². The molecule has 0 heterocycles. The number of halogens is 1. The Kier molecular flexibility index (Phi) is 6.90. The summed E-state index contributed by atoms with van der Waals surface area (Å²) in [5.41, 5.74) is 4.13. The van der Waals surface area contributed by atoms with E-state index in [0.717, 1.165) is 22.4 Å². The maximum absolute atomic E-state index is 12.9. The van der Waals surface area contributed by atoms with E-state index in [1.807, 2.05) is 36.4 Å². The van der Waals surface area contributed by atoms with Gasteiger partial charge >= 0.3 is 0 Å². The van der Waals surface area contributed by atoms with Crippen LogP contribution in [0.1, 0.15) is 16.7 Å². The molecule has 27 heavy (non-hydrogen) atoms. The molecule has 0 aliphatic rings. The van der Waals surface area contributed by atoms with E-state index in [9.17, 15) is 4.39 Å². The van der Waals surface area contributed by atoms with Gasteiger partial charge in [-0.15, -0.1) is 0 Å². The Hall–Kier alpha value is -2.76. The van der Waals surface area contributed by atoms with Crippen molar-refractivity contribution in [1.29, 1.82) is 0 Å². The van der Waals surface area contributed by atoms with E-state index in [4.69, 9.17) is 17.0 Å². The minimum atomic E-state index is -0.272. The highest BCUT2D eigenvalue weighted by Crippen LogP contribution is 2.10. The number of nitrogens with one attached hydrogen (secondary N) is 2. The molecule has 0 radical (unpaired) electrons. The SMILES string of the molecule is Fc1ccc(NC(=S)NCc2cccc(COCc3ccccc3)c2)cc1. The lowest BCUT2D eigenvalue weighted by Gasteiger charge is -2.11. The van der Waals surface area contributed by atoms with E-state index in [2.05, 4.69) is 28.8 Å². The zero-order valence-corrected chi connectivity index (χ0v) is 15.6. The van der Waals surface area contributed by atoms with Crippen LogP contribution in [0.15, 0.2) is 78.9 Å². The van der Waals surface area contributed by atoms with Crippen LogP contribution in [0.2, 0.25) is 0 Å². The molecule has 3 aromatic carbocycles. The minimum absolute atomic E-state index is 0.272. The molecule has 0 saturated carbocycles.